The Balaban J connectivity index is 1.93. The lowest BCUT2D eigenvalue weighted by atomic mass is 9.88. The van der Waals surface area contributed by atoms with E-state index < -0.39 is 11.9 Å². The van der Waals surface area contributed by atoms with Gasteiger partial charge in [-0.2, -0.15) is 0 Å². The average molecular weight is 327 g/mol. The summed E-state index contributed by atoms with van der Waals surface area (Å²) >= 11 is 0. The second kappa shape index (κ2) is 6.36. The molecule has 3 heteroatoms. The molecule has 1 atom stereocenters. The summed E-state index contributed by atoms with van der Waals surface area (Å²) in [5.74, 6) is -1.52. The molecule has 0 aliphatic carbocycles. The standard InChI is InChI=1S/C22H17NO2/c24-22(25)20(21-11-5-6-12-23-21)14-19-17-9-3-1-7-15(17)13-16-8-2-4-10-18(16)19/h1-13,20H,14H2,(H,24,25). The number of carboxylic acids is 1. The maximum absolute atomic E-state index is 11.9. The molecule has 0 radical (unpaired) electrons. The van der Waals surface area contributed by atoms with Crippen molar-refractivity contribution in [2.45, 2.75) is 12.3 Å². The minimum atomic E-state index is -0.851. The van der Waals surface area contributed by atoms with Gasteiger partial charge in [0.2, 0.25) is 0 Å². The van der Waals surface area contributed by atoms with Gasteiger partial charge in [-0.3, -0.25) is 9.78 Å². The number of hydrogen-bond acceptors (Lipinski definition) is 2. The number of pyridine rings is 1. The number of carboxylic acid groups (broad SMARTS) is 1. The molecule has 3 aromatic carbocycles. The predicted molar refractivity (Wildman–Crippen MR) is 99.8 cm³/mol. The van der Waals surface area contributed by atoms with Crippen LogP contribution in [-0.2, 0) is 11.2 Å². The van der Waals surface area contributed by atoms with Gasteiger partial charge in [-0.05, 0) is 51.7 Å². The van der Waals surface area contributed by atoms with Crippen molar-refractivity contribution in [2.24, 2.45) is 0 Å². The highest BCUT2D eigenvalue weighted by Crippen LogP contribution is 2.32. The van der Waals surface area contributed by atoms with Gasteiger partial charge in [0.05, 0.1) is 5.69 Å². The van der Waals surface area contributed by atoms with Crippen LogP contribution in [0.25, 0.3) is 21.5 Å². The van der Waals surface area contributed by atoms with Crippen LogP contribution in [0.5, 0.6) is 0 Å². The first-order valence-electron chi connectivity index (χ1n) is 8.27. The Kier molecular flexibility index (Phi) is 3.90. The average Bonchev–Trinajstić information content (AvgIpc) is 2.65. The van der Waals surface area contributed by atoms with Gasteiger partial charge in [-0.25, -0.2) is 0 Å². The third-order valence-corrected chi connectivity index (χ3v) is 4.63. The van der Waals surface area contributed by atoms with E-state index in [-0.39, 0.29) is 0 Å². The number of carbonyl (C=O) groups is 1. The van der Waals surface area contributed by atoms with Gasteiger partial charge in [0.15, 0.2) is 0 Å². The molecular weight excluding hydrogens is 310 g/mol. The quantitative estimate of drug-likeness (QED) is 0.548. The first kappa shape index (κ1) is 15.3. The number of benzene rings is 3. The predicted octanol–water partition coefficient (Wildman–Crippen LogP) is 4.80. The molecule has 0 bridgehead atoms. The van der Waals surface area contributed by atoms with Gasteiger partial charge in [0.25, 0.3) is 0 Å². The van der Waals surface area contributed by atoms with E-state index in [9.17, 15) is 9.90 Å². The Morgan fingerprint density at radius 3 is 2.04 bits per heavy atom. The van der Waals surface area contributed by atoms with Gasteiger partial charge < -0.3 is 5.11 Å². The monoisotopic (exact) mass is 327 g/mol. The van der Waals surface area contributed by atoms with Crippen molar-refractivity contribution in [3.63, 3.8) is 0 Å². The van der Waals surface area contributed by atoms with Crippen molar-refractivity contribution >= 4 is 27.5 Å². The topological polar surface area (TPSA) is 50.2 Å². The molecule has 0 aliphatic heterocycles. The fraction of sp³-hybridized carbons (Fsp3) is 0.0909. The van der Waals surface area contributed by atoms with Crippen molar-refractivity contribution in [2.75, 3.05) is 0 Å². The molecule has 1 N–H and O–H groups in total. The third kappa shape index (κ3) is 2.85. The van der Waals surface area contributed by atoms with Gasteiger partial charge >= 0.3 is 5.97 Å². The molecule has 3 nitrogen and oxygen atoms in total. The fourth-order valence-electron chi connectivity index (χ4n) is 3.43. The molecule has 0 amide bonds. The molecule has 0 saturated heterocycles. The largest absolute Gasteiger partial charge is 0.481 e. The van der Waals surface area contributed by atoms with Gasteiger partial charge in [0, 0.05) is 6.20 Å². The van der Waals surface area contributed by atoms with Crippen LogP contribution >= 0.6 is 0 Å². The van der Waals surface area contributed by atoms with E-state index in [1.165, 1.54) is 0 Å². The molecule has 25 heavy (non-hydrogen) atoms. The summed E-state index contributed by atoms with van der Waals surface area (Å²) in [6.45, 7) is 0. The van der Waals surface area contributed by atoms with Crippen LogP contribution in [-0.4, -0.2) is 16.1 Å². The molecule has 4 rings (SSSR count). The molecular formula is C22H17NO2. The van der Waals surface area contributed by atoms with E-state index in [4.69, 9.17) is 0 Å². The van der Waals surface area contributed by atoms with Crippen molar-refractivity contribution in [1.29, 1.82) is 0 Å². The van der Waals surface area contributed by atoms with E-state index in [0.29, 0.717) is 12.1 Å². The van der Waals surface area contributed by atoms with Crippen LogP contribution in [0.1, 0.15) is 17.2 Å². The van der Waals surface area contributed by atoms with E-state index in [1.807, 2.05) is 30.3 Å². The van der Waals surface area contributed by atoms with Crippen molar-refractivity contribution < 1.29 is 9.90 Å². The Morgan fingerprint density at radius 2 is 1.48 bits per heavy atom. The van der Waals surface area contributed by atoms with Crippen molar-refractivity contribution in [1.82, 2.24) is 4.98 Å². The van der Waals surface area contributed by atoms with Gasteiger partial charge in [-0.15, -0.1) is 0 Å². The van der Waals surface area contributed by atoms with Crippen LogP contribution in [0.4, 0.5) is 0 Å². The van der Waals surface area contributed by atoms with E-state index in [0.717, 1.165) is 27.1 Å². The zero-order chi connectivity index (χ0) is 17.2. The van der Waals surface area contributed by atoms with Crippen LogP contribution in [0.15, 0.2) is 79.0 Å². The summed E-state index contributed by atoms with van der Waals surface area (Å²) in [5.41, 5.74) is 1.65. The molecule has 0 saturated carbocycles. The number of nitrogens with zero attached hydrogens (tertiary/aromatic N) is 1. The number of aromatic nitrogens is 1. The smallest absolute Gasteiger partial charge is 0.312 e. The third-order valence-electron chi connectivity index (χ3n) is 4.63. The first-order chi connectivity index (χ1) is 12.2. The van der Waals surface area contributed by atoms with Crippen LogP contribution in [0, 0.1) is 0 Å². The lowest BCUT2D eigenvalue weighted by Crippen LogP contribution is -2.16. The molecule has 0 aliphatic rings. The maximum Gasteiger partial charge on any atom is 0.312 e. The summed E-state index contributed by atoms with van der Waals surface area (Å²) in [7, 11) is 0. The molecule has 0 spiro atoms. The summed E-state index contributed by atoms with van der Waals surface area (Å²) in [6, 6.07) is 23.9. The number of fused-ring (bicyclic) bond motifs is 2. The molecule has 0 fully saturated rings. The van der Waals surface area contributed by atoms with Crippen LogP contribution in [0.3, 0.4) is 0 Å². The zero-order valence-electron chi connectivity index (χ0n) is 13.6. The molecule has 1 aromatic heterocycles. The van der Waals surface area contributed by atoms with Crippen LogP contribution in [0.2, 0.25) is 0 Å². The lowest BCUT2D eigenvalue weighted by molar-refractivity contribution is -0.138. The second-order valence-corrected chi connectivity index (χ2v) is 6.15. The molecule has 1 unspecified atom stereocenters. The SMILES string of the molecule is O=C(O)C(Cc1c2ccccc2cc2ccccc12)c1ccccn1. The summed E-state index contributed by atoms with van der Waals surface area (Å²) in [6.07, 6.45) is 2.06. The number of rotatable bonds is 4. The molecule has 4 aromatic rings. The Labute approximate surface area is 145 Å². The van der Waals surface area contributed by atoms with E-state index >= 15 is 0 Å². The summed E-state index contributed by atoms with van der Waals surface area (Å²) in [5, 5.41) is 14.2. The van der Waals surface area contributed by atoms with Crippen molar-refractivity contribution in [3.05, 3.63) is 90.3 Å². The maximum atomic E-state index is 11.9. The normalized spacial score (nSPS) is 12.3. The first-order valence-corrected chi connectivity index (χ1v) is 8.27. The van der Waals surface area contributed by atoms with Gasteiger partial charge in [-0.1, -0.05) is 54.6 Å². The summed E-state index contributed by atoms with van der Waals surface area (Å²) in [4.78, 5) is 16.2. The van der Waals surface area contributed by atoms with Crippen molar-refractivity contribution in [3.8, 4) is 0 Å². The van der Waals surface area contributed by atoms with Crippen LogP contribution < -0.4 is 0 Å². The van der Waals surface area contributed by atoms with E-state index in [1.54, 1.807) is 18.3 Å². The minimum Gasteiger partial charge on any atom is -0.481 e. The fourth-order valence-corrected chi connectivity index (χ4v) is 3.43. The zero-order valence-corrected chi connectivity index (χ0v) is 13.6. The Morgan fingerprint density at radius 1 is 0.880 bits per heavy atom. The Hall–Kier alpha value is -3.20. The highest BCUT2D eigenvalue weighted by Gasteiger charge is 2.23. The van der Waals surface area contributed by atoms with Gasteiger partial charge in [0.1, 0.15) is 5.92 Å². The Bertz CT molecular complexity index is 1000. The molecule has 122 valence electrons. The summed E-state index contributed by atoms with van der Waals surface area (Å²) < 4.78 is 0. The lowest BCUT2D eigenvalue weighted by Gasteiger charge is -2.16. The number of aliphatic carboxylic acids is 1. The highest BCUT2D eigenvalue weighted by molar-refractivity contribution is 6.02. The van der Waals surface area contributed by atoms with E-state index in [2.05, 4.69) is 35.3 Å². The molecule has 1 heterocycles. The minimum absolute atomic E-state index is 0.411. The number of hydrogen-bond donors (Lipinski definition) is 1. The second-order valence-electron chi connectivity index (χ2n) is 6.15. The highest BCUT2D eigenvalue weighted by atomic mass is 16.4.